The molecule has 5 heteroatoms. The number of para-hydroxylation sites is 1. The minimum atomic E-state index is 0.235. The SMILES string of the molecule is COc1ccccc1CCC(=O)N1CCC(c2nccn2C)CC1. The summed E-state index contributed by atoms with van der Waals surface area (Å²) in [5.41, 5.74) is 1.09. The molecular weight excluding hydrogens is 302 g/mol. The first kappa shape index (κ1) is 16.6. The van der Waals surface area contributed by atoms with Crippen LogP contribution >= 0.6 is 0 Å². The zero-order chi connectivity index (χ0) is 16.9. The van der Waals surface area contributed by atoms with Gasteiger partial charge in [0.15, 0.2) is 0 Å². The summed E-state index contributed by atoms with van der Waals surface area (Å²) in [4.78, 5) is 18.9. The topological polar surface area (TPSA) is 47.4 Å². The molecule has 2 heterocycles. The van der Waals surface area contributed by atoms with Crippen LogP contribution < -0.4 is 4.74 Å². The van der Waals surface area contributed by atoms with Crippen molar-refractivity contribution in [2.24, 2.45) is 7.05 Å². The largest absolute Gasteiger partial charge is 0.496 e. The van der Waals surface area contributed by atoms with E-state index < -0.39 is 0 Å². The van der Waals surface area contributed by atoms with E-state index in [1.54, 1.807) is 7.11 Å². The van der Waals surface area contributed by atoms with Gasteiger partial charge in [-0.25, -0.2) is 4.98 Å². The van der Waals surface area contributed by atoms with Crippen LogP contribution in [0.4, 0.5) is 0 Å². The third kappa shape index (κ3) is 3.61. The van der Waals surface area contributed by atoms with Gasteiger partial charge in [-0.1, -0.05) is 18.2 Å². The molecule has 0 N–H and O–H groups in total. The van der Waals surface area contributed by atoms with Crippen molar-refractivity contribution in [1.82, 2.24) is 14.5 Å². The van der Waals surface area contributed by atoms with Crippen LogP contribution in [0.25, 0.3) is 0 Å². The third-order valence-electron chi connectivity index (χ3n) is 4.87. The number of hydrogen-bond acceptors (Lipinski definition) is 3. The average Bonchev–Trinajstić information content (AvgIpc) is 3.06. The fraction of sp³-hybridized carbons (Fsp3) is 0.474. The number of amides is 1. The highest BCUT2D eigenvalue weighted by atomic mass is 16.5. The highest BCUT2D eigenvalue weighted by Crippen LogP contribution is 2.27. The summed E-state index contributed by atoms with van der Waals surface area (Å²) in [6, 6.07) is 7.91. The van der Waals surface area contributed by atoms with Gasteiger partial charge in [-0.2, -0.15) is 0 Å². The molecule has 1 aromatic heterocycles. The van der Waals surface area contributed by atoms with Crippen LogP contribution in [0.15, 0.2) is 36.7 Å². The molecule has 128 valence electrons. The normalized spacial score (nSPS) is 15.5. The number of likely N-dealkylation sites (tertiary alicyclic amines) is 1. The summed E-state index contributed by atoms with van der Waals surface area (Å²) in [6.45, 7) is 1.64. The van der Waals surface area contributed by atoms with Crippen LogP contribution in [0.3, 0.4) is 0 Å². The maximum atomic E-state index is 12.5. The number of methoxy groups -OCH3 is 1. The van der Waals surface area contributed by atoms with Gasteiger partial charge in [-0.15, -0.1) is 0 Å². The van der Waals surface area contributed by atoms with Gasteiger partial charge in [0.1, 0.15) is 11.6 Å². The van der Waals surface area contributed by atoms with E-state index in [4.69, 9.17) is 4.74 Å². The fourth-order valence-corrected chi connectivity index (χ4v) is 3.47. The summed E-state index contributed by atoms with van der Waals surface area (Å²) >= 11 is 0. The number of aromatic nitrogens is 2. The van der Waals surface area contributed by atoms with E-state index >= 15 is 0 Å². The minimum Gasteiger partial charge on any atom is -0.496 e. The molecule has 0 bridgehead atoms. The molecule has 2 aromatic rings. The molecule has 1 aromatic carbocycles. The first-order valence-corrected chi connectivity index (χ1v) is 8.56. The minimum absolute atomic E-state index is 0.235. The Morgan fingerprint density at radius 3 is 2.71 bits per heavy atom. The van der Waals surface area contributed by atoms with Crippen LogP contribution in [0.1, 0.15) is 36.6 Å². The zero-order valence-electron chi connectivity index (χ0n) is 14.4. The standard InChI is InChI=1S/C19H25N3O2/c1-21-14-11-20-19(21)16-9-12-22(13-10-16)18(23)8-7-15-5-3-4-6-17(15)24-2/h3-6,11,14,16H,7-10,12-13H2,1-2H3. The van der Waals surface area contributed by atoms with Crippen molar-refractivity contribution < 1.29 is 9.53 Å². The molecule has 0 aliphatic carbocycles. The van der Waals surface area contributed by atoms with Gasteiger partial charge >= 0.3 is 0 Å². The Morgan fingerprint density at radius 1 is 1.29 bits per heavy atom. The van der Waals surface area contributed by atoms with Gasteiger partial charge in [0.2, 0.25) is 5.91 Å². The second-order valence-corrected chi connectivity index (χ2v) is 6.36. The molecule has 1 amide bonds. The molecule has 0 saturated carbocycles. The summed E-state index contributed by atoms with van der Waals surface area (Å²) in [6.07, 6.45) is 7.08. The highest BCUT2D eigenvalue weighted by Gasteiger charge is 2.25. The molecule has 1 saturated heterocycles. The lowest BCUT2D eigenvalue weighted by Gasteiger charge is -2.31. The number of nitrogens with zero attached hydrogens (tertiary/aromatic N) is 3. The van der Waals surface area contributed by atoms with Crippen LogP contribution in [-0.4, -0.2) is 40.6 Å². The van der Waals surface area contributed by atoms with Crippen molar-refractivity contribution in [3.05, 3.63) is 48.0 Å². The fourth-order valence-electron chi connectivity index (χ4n) is 3.47. The Hall–Kier alpha value is -2.30. The van der Waals surface area contributed by atoms with E-state index in [0.29, 0.717) is 12.3 Å². The summed E-state index contributed by atoms with van der Waals surface area (Å²) in [5, 5.41) is 0. The van der Waals surface area contributed by atoms with Crippen LogP contribution in [0.5, 0.6) is 5.75 Å². The summed E-state index contributed by atoms with van der Waals surface area (Å²) in [7, 11) is 3.70. The maximum absolute atomic E-state index is 12.5. The summed E-state index contributed by atoms with van der Waals surface area (Å²) in [5.74, 6) is 2.69. The van der Waals surface area contributed by atoms with E-state index in [2.05, 4.69) is 9.55 Å². The molecule has 1 aliphatic heterocycles. The molecule has 1 fully saturated rings. The lowest BCUT2D eigenvalue weighted by atomic mass is 9.95. The van der Waals surface area contributed by atoms with E-state index in [-0.39, 0.29) is 5.91 Å². The van der Waals surface area contributed by atoms with Crippen molar-refractivity contribution in [2.45, 2.75) is 31.6 Å². The zero-order valence-corrected chi connectivity index (χ0v) is 14.4. The van der Waals surface area contributed by atoms with Gasteiger partial charge in [0, 0.05) is 44.9 Å². The van der Waals surface area contributed by atoms with Gasteiger partial charge in [-0.05, 0) is 30.9 Å². The number of piperidine rings is 1. The number of rotatable bonds is 5. The first-order chi connectivity index (χ1) is 11.7. The smallest absolute Gasteiger partial charge is 0.222 e. The van der Waals surface area contributed by atoms with Gasteiger partial charge in [0.25, 0.3) is 0 Å². The van der Waals surface area contributed by atoms with Gasteiger partial charge < -0.3 is 14.2 Å². The molecule has 1 aliphatic rings. The van der Waals surface area contributed by atoms with Crippen molar-refractivity contribution in [1.29, 1.82) is 0 Å². The molecule has 5 nitrogen and oxygen atoms in total. The molecule has 0 atom stereocenters. The molecular formula is C19H25N3O2. The van der Waals surface area contributed by atoms with Crippen molar-refractivity contribution in [2.75, 3.05) is 20.2 Å². The summed E-state index contributed by atoms with van der Waals surface area (Å²) < 4.78 is 7.44. The quantitative estimate of drug-likeness (QED) is 0.848. The van der Waals surface area contributed by atoms with Crippen LogP contribution in [-0.2, 0) is 18.3 Å². The molecule has 0 radical (unpaired) electrons. The Balaban J connectivity index is 1.51. The number of benzene rings is 1. The van der Waals surface area contributed by atoms with E-state index in [1.807, 2.05) is 48.6 Å². The van der Waals surface area contributed by atoms with Crippen molar-refractivity contribution >= 4 is 5.91 Å². The number of carbonyl (C=O) groups excluding carboxylic acids is 1. The van der Waals surface area contributed by atoms with E-state index in [9.17, 15) is 4.79 Å². The van der Waals surface area contributed by atoms with E-state index in [1.165, 1.54) is 0 Å². The monoisotopic (exact) mass is 327 g/mol. The third-order valence-corrected chi connectivity index (χ3v) is 4.87. The second kappa shape index (κ2) is 7.51. The van der Waals surface area contributed by atoms with Crippen LogP contribution in [0, 0.1) is 0 Å². The number of carbonyl (C=O) groups is 1. The number of ether oxygens (including phenoxy) is 1. The maximum Gasteiger partial charge on any atom is 0.222 e. The highest BCUT2D eigenvalue weighted by molar-refractivity contribution is 5.76. The Labute approximate surface area is 143 Å². The van der Waals surface area contributed by atoms with Crippen LogP contribution in [0.2, 0.25) is 0 Å². The lowest BCUT2D eigenvalue weighted by Crippen LogP contribution is -2.38. The number of aryl methyl sites for hydroxylation is 2. The average molecular weight is 327 g/mol. The number of imidazole rings is 1. The number of hydrogen-bond donors (Lipinski definition) is 0. The first-order valence-electron chi connectivity index (χ1n) is 8.56. The molecule has 3 rings (SSSR count). The van der Waals surface area contributed by atoms with Crippen molar-refractivity contribution in [3.8, 4) is 5.75 Å². The van der Waals surface area contributed by atoms with Gasteiger partial charge in [0.05, 0.1) is 7.11 Å². The van der Waals surface area contributed by atoms with E-state index in [0.717, 1.165) is 49.5 Å². The predicted molar refractivity (Wildman–Crippen MR) is 93.1 cm³/mol. The lowest BCUT2D eigenvalue weighted by molar-refractivity contribution is -0.132. The Morgan fingerprint density at radius 2 is 2.04 bits per heavy atom. The second-order valence-electron chi connectivity index (χ2n) is 6.36. The van der Waals surface area contributed by atoms with Gasteiger partial charge in [-0.3, -0.25) is 4.79 Å². The molecule has 0 spiro atoms. The predicted octanol–water partition coefficient (Wildman–Crippen LogP) is 2.77. The Kier molecular flexibility index (Phi) is 5.18. The van der Waals surface area contributed by atoms with Crippen molar-refractivity contribution in [3.63, 3.8) is 0 Å². The molecule has 24 heavy (non-hydrogen) atoms. The molecule has 0 unspecified atom stereocenters. The Bertz CT molecular complexity index is 687.